The lowest BCUT2D eigenvalue weighted by molar-refractivity contribution is -0.0532. The molecule has 1 saturated heterocycles. The predicted octanol–water partition coefficient (Wildman–Crippen LogP) is -3.01. The number of aliphatic hydroxyl groups is 2. The Morgan fingerprint density at radius 1 is 1.42 bits per heavy atom. The molecule has 13 nitrogen and oxygen atoms in total. The minimum Gasteiger partial charge on any atom is -0.610 e. The smallest absolute Gasteiger partial charge is 0.333 e. The Bertz CT molecular complexity index is 919. The maximum atomic E-state index is 11.9. The van der Waals surface area contributed by atoms with E-state index >= 15 is 0 Å². The van der Waals surface area contributed by atoms with Crippen LogP contribution in [0.25, 0.3) is 11.0 Å². The fourth-order valence-corrected chi connectivity index (χ4v) is 3.58. The monoisotopic (exact) mass is 408 g/mol. The normalized spacial score (nSPS) is 27.9. The Hall–Kier alpha value is -1.59. The van der Waals surface area contributed by atoms with Crippen molar-refractivity contribution in [2.75, 3.05) is 18.6 Å². The standard InChI is InChI=1S/C11H16N6O7S2/c1-25(20)10-5-8(12)14-3-15-9(5)17(16-10)11-7(19)6(18)4(24-11)2-23-26(13,21)22/h3-4,6-7,11,18-19H,2H2,1H3,(H2,12,14,15)(H2,13,21,22)/t4-,6-,7-,11-,25?/m1/s1. The van der Waals surface area contributed by atoms with Crippen molar-refractivity contribution in [2.24, 2.45) is 5.14 Å². The van der Waals surface area contributed by atoms with E-state index in [9.17, 15) is 23.2 Å². The van der Waals surface area contributed by atoms with Crippen LogP contribution >= 0.6 is 0 Å². The first-order valence-corrected chi connectivity index (χ1v) is 10.1. The summed E-state index contributed by atoms with van der Waals surface area (Å²) >= 11 is -1.55. The van der Waals surface area contributed by atoms with Crippen molar-refractivity contribution in [3.8, 4) is 0 Å². The fourth-order valence-electron chi connectivity index (χ4n) is 2.57. The van der Waals surface area contributed by atoms with Gasteiger partial charge in [0.1, 0.15) is 42.1 Å². The van der Waals surface area contributed by atoms with E-state index in [0.29, 0.717) is 0 Å². The molecule has 5 atom stereocenters. The lowest BCUT2D eigenvalue weighted by Gasteiger charge is -2.15. The highest BCUT2D eigenvalue weighted by Gasteiger charge is 2.46. The second-order valence-corrected chi connectivity index (χ2v) is 8.00. The third-order valence-electron chi connectivity index (χ3n) is 3.73. The van der Waals surface area contributed by atoms with Gasteiger partial charge in [0.25, 0.3) is 5.03 Å². The minimum atomic E-state index is -4.25. The van der Waals surface area contributed by atoms with Crippen molar-refractivity contribution in [2.45, 2.75) is 29.6 Å². The number of aromatic nitrogens is 4. The number of anilines is 1. The van der Waals surface area contributed by atoms with Crippen molar-refractivity contribution in [1.82, 2.24) is 19.7 Å². The van der Waals surface area contributed by atoms with Gasteiger partial charge in [-0.05, 0) is 0 Å². The fraction of sp³-hybridized carbons (Fsp3) is 0.545. The summed E-state index contributed by atoms with van der Waals surface area (Å²) in [6, 6.07) is 0. The number of hydrogen-bond acceptors (Lipinski definition) is 11. The zero-order valence-corrected chi connectivity index (χ0v) is 14.9. The van der Waals surface area contributed by atoms with Gasteiger partial charge in [-0.25, -0.2) is 19.8 Å². The zero-order valence-electron chi connectivity index (χ0n) is 13.3. The van der Waals surface area contributed by atoms with Crippen LogP contribution in [0.1, 0.15) is 6.23 Å². The molecule has 1 aliphatic rings. The SMILES string of the molecule is C[S+]([O-])c1nn([C@@H]2O[C@H](COS(N)(=O)=O)[C@@H](O)[C@H]2O)c2ncnc(N)c12. The predicted molar refractivity (Wildman–Crippen MR) is 87.1 cm³/mol. The molecule has 6 N–H and O–H groups in total. The first kappa shape index (κ1) is 19.2. The van der Waals surface area contributed by atoms with E-state index in [1.165, 1.54) is 6.26 Å². The minimum absolute atomic E-state index is 0.0357. The van der Waals surface area contributed by atoms with Crippen LogP contribution in [0.15, 0.2) is 11.4 Å². The number of fused-ring (bicyclic) bond motifs is 1. The number of nitrogens with two attached hydrogens (primary N) is 2. The lowest BCUT2D eigenvalue weighted by Crippen LogP contribution is -2.35. The van der Waals surface area contributed by atoms with Crippen LogP contribution in [0.2, 0.25) is 0 Å². The van der Waals surface area contributed by atoms with Crippen LogP contribution in [-0.4, -0.2) is 74.1 Å². The number of hydrogen-bond donors (Lipinski definition) is 4. The molecule has 1 fully saturated rings. The van der Waals surface area contributed by atoms with Gasteiger partial charge in [0.05, 0.1) is 6.61 Å². The summed E-state index contributed by atoms with van der Waals surface area (Å²) in [5, 5.41) is 29.5. The van der Waals surface area contributed by atoms with Gasteiger partial charge in [0, 0.05) is 11.2 Å². The molecule has 144 valence electrons. The molecule has 2 aromatic heterocycles. The van der Waals surface area contributed by atoms with Gasteiger partial charge in [-0.3, -0.25) is 4.18 Å². The van der Waals surface area contributed by atoms with Crippen molar-refractivity contribution >= 4 is 38.3 Å². The molecule has 3 heterocycles. The van der Waals surface area contributed by atoms with Gasteiger partial charge >= 0.3 is 10.3 Å². The molecule has 0 bridgehead atoms. The van der Waals surface area contributed by atoms with Gasteiger partial charge < -0.3 is 25.2 Å². The van der Waals surface area contributed by atoms with E-state index in [0.717, 1.165) is 11.0 Å². The summed E-state index contributed by atoms with van der Waals surface area (Å²) < 4.78 is 44.7. The molecule has 26 heavy (non-hydrogen) atoms. The Kier molecular flexibility index (Phi) is 5.06. The van der Waals surface area contributed by atoms with Crippen LogP contribution < -0.4 is 10.9 Å². The van der Waals surface area contributed by atoms with Gasteiger partial charge in [-0.15, -0.1) is 5.10 Å². The molecular weight excluding hydrogens is 392 g/mol. The molecule has 15 heteroatoms. The molecule has 0 saturated carbocycles. The van der Waals surface area contributed by atoms with Crippen LogP contribution in [0, 0.1) is 0 Å². The van der Waals surface area contributed by atoms with Gasteiger partial charge in [0.15, 0.2) is 11.9 Å². The summed E-state index contributed by atoms with van der Waals surface area (Å²) in [6.45, 7) is -0.615. The maximum absolute atomic E-state index is 11.9. The molecule has 0 aromatic carbocycles. The third kappa shape index (κ3) is 3.47. The molecule has 3 rings (SSSR count). The second-order valence-electron chi connectivity index (χ2n) is 5.48. The summed E-state index contributed by atoms with van der Waals surface area (Å²) in [5.74, 6) is 0.0357. The van der Waals surface area contributed by atoms with E-state index in [4.69, 9.17) is 15.6 Å². The molecule has 2 aromatic rings. The average molecular weight is 408 g/mol. The third-order valence-corrected chi connectivity index (χ3v) is 5.03. The Morgan fingerprint density at radius 3 is 2.73 bits per heavy atom. The maximum Gasteiger partial charge on any atom is 0.333 e. The number of nitrogens with zero attached hydrogens (tertiary/aromatic N) is 4. The highest BCUT2D eigenvalue weighted by atomic mass is 32.2. The average Bonchev–Trinajstić information content (AvgIpc) is 3.06. The van der Waals surface area contributed by atoms with Gasteiger partial charge in [-0.1, -0.05) is 0 Å². The van der Waals surface area contributed by atoms with E-state index in [1.807, 2.05) is 0 Å². The summed E-state index contributed by atoms with van der Waals surface area (Å²) in [7, 11) is -4.25. The quantitative estimate of drug-likeness (QED) is 0.365. The number of ether oxygens (including phenoxy) is 1. The van der Waals surface area contributed by atoms with Gasteiger partial charge in [0.2, 0.25) is 0 Å². The molecule has 1 aliphatic heterocycles. The van der Waals surface area contributed by atoms with E-state index < -0.39 is 52.6 Å². The van der Waals surface area contributed by atoms with Crippen LogP contribution in [-0.2, 0) is 30.4 Å². The molecule has 1 unspecified atom stereocenters. The van der Waals surface area contributed by atoms with Crippen molar-refractivity contribution < 1.29 is 32.1 Å². The van der Waals surface area contributed by atoms with Crippen LogP contribution in [0.4, 0.5) is 5.82 Å². The zero-order chi connectivity index (χ0) is 19.2. The summed E-state index contributed by atoms with van der Waals surface area (Å²) in [4.78, 5) is 7.84. The summed E-state index contributed by atoms with van der Waals surface area (Å²) in [6.07, 6.45) is -2.92. The molecular formula is C11H16N6O7S2. The number of rotatable bonds is 5. The van der Waals surface area contributed by atoms with E-state index in [-0.39, 0.29) is 21.9 Å². The topological polar surface area (TPSA) is 212 Å². The Morgan fingerprint density at radius 2 is 2.12 bits per heavy atom. The molecule has 0 spiro atoms. The largest absolute Gasteiger partial charge is 0.610 e. The lowest BCUT2D eigenvalue weighted by atomic mass is 10.1. The molecule has 0 aliphatic carbocycles. The summed E-state index contributed by atoms with van der Waals surface area (Å²) in [5.41, 5.74) is 5.93. The van der Waals surface area contributed by atoms with Gasteiger partial charge in [-0.2, -0.15) is 8.42 Å². The molecule has 0 radical (unpaired) electrons. The van der Waals surface area contributed by atoms with Crippen molar-refractivity contribution in [3.63, 3.8) is 0 Å². The first-order chi connectivity index (χ1) is 12.1. The Labute approximate surface area is 150 Å². The number of aliphatic hydroxyl groups excluding tert-OH is 2. The van der Waals surface area contributed by atoms with Crippen molar-refractivity contribution in [1.29, 1.82) is 0 Å². The van der Waals surface area contributed by atoms with Crippen molar-refractivity contribution in [3.05, 3.63) is 6.33 Å². The van der Waals surface area contributed by atoms with Crippen LogP contribution in [0.5, 0.6) is 0 Å². The molecule has 0 amide bonds. The Balaban J connectivity index is 1.98. The number of nitrogen functional groups attached to an aromatic ring is 1. The van der Waals surface area contributed by atoms with E-state index in [2.05, 4.69) is 19.2 Å². The van der Waals surface area contributed by atoms with E-state index in [1.54, 1.807) is 0 Å². The van der Waals surface area contributed by atoms with Crippen LogP contribution in [0.3, 0.4) is 0 Å². The second kappa shape index (κ2) is 6.86. The highest BCUT2D eigenvalue weighted by Crippen LogP contribution is 2.34. The first-order valence-electron chi connectivity index (χ1n) is 7.11. The highest BCUT2D eigenvalue weighted by molar-refractivity contribution is 7.90.